The van der Waals surface area contributed by atoms with Gasteiger partial charge in [0.15, 0.2) is 0 Å². The number of nitrogens with zero attached hydrogens (tertiary/aromatic N) is 4. The maximum Gasteiger partial charge on any atom is 0.133 e. The lowest BCUT2D eigenvalue weighted by Gasteiger charge is -2.13. The highest BCUT2D eigenvalue weighted by atomic mass is 15.1. The zero-order chi connectivity index (χ0) is 17.9. The van der Waals surface area contributed by atoms with Crippen molar-refractivity contribution in [3.8, 4) is 0 Å². The largest absolute Gasteiger partial charge is 0.370 e. The van der Waals surface area contributed by atoms with Crippen molar-refractivity contribution in [2.45, 2.75) is 32.6 Å². The molecule has 0 spiro atoms. The third-order valence-corrected chi connectivity index (χ3v) is 5.04. The summed E-state index contributed by atoms with van der Waals surface area (Å²) in [6, 6.07) is 8.30. The third-order valence-electron chi connectivity index (χ3n) is 5.04. The Morgan fingerprint density at radius 2 is 1.96 bits per heavy atom. The van der Waals surface area contributed by atoms with Crippen LogP contribution >= 0.6 is 0 Å². The van der Waals surface area contributed by atoms with Gasteiger partial charge in [0.05, 0.1) is 16.7 Å². The van der Waals surface area contributed by atoms with Gasteiger partial charge < -0.3 is 15.2 Å². The summed E-state index contributed by atoms with van der Waals surface area (Å²) in [6.45, 7) is 4.85. The van der Waals surface area contributed by atoms with Crippen molar-refractivity contribution in [1.82, 2.24) is 24.8 Å². The van der Waals surface area contributed by atoms with E-state index in [9.17, 15) is 0 Å². The summed E-state index contributed by atoms with van der Waals surface area (Å²) < 4.78 is 2.20. The molecule has 3 aromatic rings. The second-order valence-electron chi connectivity index (χ2n) is 6.90. The molecule has 1 aliphatic heterocycles. The fraction of sp³-hybridized carbons (Fsp3) is 0.450. The van der Waals surface area contributed by atoms with E-state index in [1.54, 1.807) is 0 Å². The number of fused-ring (bicyclic) bond motifs is 2. The molecule has 136 valence electrons. The van der Waals surface area contributed by atoms with E-state index >= 15 is 0 Å². The van der Waals surface area contributed by atoms with Gasteiger partial charge in [0.1, 0.15) is 17.5 Å². The predicted octanol–water partition coefficient (Wildman–Crippen LogP) is 2.40. The van der Waals surface area contributed by atoms with E-state index in [4.69, 9.17) is 4.98 Å². The normalized spacial score (nSPS) is 14.2. The smallest absolute Gasteiger partial charge is 0.133 e. The Morgan fingerprint density at radius 1 is 1.12 bits per heavy atom. The van der Waals surface area contributed by atoms with Crippen LogP contribution in [0.15, 0.2) is 24.3 Å². The molecule has 4 rings (SSSR count). The Morgan fingerprint density at radius 3 is 2.85 bits per heavy atom. The number of anilines is 1. The third kappa shape index (κ3) is 3.42. The zero-order valence-corrected chi connectivity index (χ0v) is 15.5. The molecule has 0 fully saturated rings. The molecule has 2 aromatic heterocycles. The van der Waals surface area contributed by atoms with Gasteiger partial charge in [-0.05, 0) is 38.4 Å². The lowest BCUT2D eigenvalue weighted by molar-refractivity contribution is 0.708. The summed E-state index contributed by atoms with van der Waals surface area (Å²) in [7, 11) is 2.10. The van der Waals surface area contributed by atoms with Gasteiger partial charge in [0, 0.05) is 38.5 Å². The van der Waals surface area contributed by atoms with Crippen LogP contribution in [-0.4, -0.2) is 39.2 Å². The molecular formula is C20H26N6. The minimum atomic E-state index is 0.850. The van der Waals surface area contributed by atoms with Crippen LogP contribution < -0.4 is 10.6 Å². The molecule has 1 aliphatic rings. The topological polar surface area (TPSA) is 67.7 Å². The molecule has 3 heterocycles. The predicted molar refractivity (Wildman–Crippen MR) is 105 cm³/mol. The molecule has 6 nitrogen and oxygen atoms in total. The van der Waals surface area contributed by atoms with Crippen molar-refractivity contribution in [3.63, 3.8) is 0 Å². The molecule has 2 N–H and O–H groups in total. The molecule has 6 heteroatoms. The zero-order valence-electron chi connectivity index (χ0n) is 15.5. The maximum atomic E-state index is 4.75. The fourth-order valence-corrected chi connectivity index (χ4v) is 3.69. The van der Waals surface area contributed by atoms with Crippen LogP contribution in [0.25, 0.3) is 11.0 Å². The lowest BCUT2D eigenvalue weighted by atomic mass is 10.1. The highest BCUT2D eigenvalue weighted by molar-refractivity contribution is 5.75. The Balaban J connectivity index is 1.42. The maximum absolute atomic E-state index is 4.75. The van der Waals surface area contributed by atoms with Gasteiger partial charge in [0.2, 0.25) is 0 Å². The van der Waals surface area contributed by atoms with Crippen LogP contribution in [0.5, 0.6) is 0 Å². The number of aryl methyl sites for hydroxylation is 3. The molecule has 0 aliphatic carbocycles. The van der Waals surface area contributed by atoms with Crippen LogP contribution in [-0.2, 0) is 26.3 Å². The Hall–Kier alpha value is -2.47. The number of nitrogens with one attached hydrogen (secondary N) is 2. The first-order chi connectivity index (χ1) is 12.7. The number of hydrogen-bond acceptors (Lipinski definition) is 5. The monoisotopic (exact) mass is 350 g/mol. The van der Waals surface area contributed by atoms with E-state index in [1.165, 1.54) is 16.8 Å². The fourth-order valence-electron chi connectivity index (χ4n) is 3.69. The van der Waals surface area contributed by atoms with Crippen LogP contribution in [0, 0.1) is 6.92 Å². The number of para-hydroxylation sites is 2. The molecule has 26 heavy (non-hydrogen) atoms. The number of imidazole rings is 1. The van der Waals surface area contributed by atoms with Gasteiger partial charge in [0.25, 0.3) is 0 Å². The van der Waals surface area contributed by atoms with E-state index in [2.05, 4.69) is 50.4 Å². The molecule has 0 saturated heterocycles. The van der Waals surface area contributed by atoms with Crippen molar-refractivity contribution in [3.05, 3.63) is 47.2 Å². The van der Waals surface area contributed by atoms with Crippen molar-refractivity contribution >= 4 is 16.9 Å². The summed E-state index contributed by atoms with van der Waals surface area (Å²) >= 11 is 0. The highest BCUT2D eigenvalue weighted by Crippen LogP contribution is 2.20. The van der Waals surface area contributed by atoms with E-state index in [0.29, 0.717) is 0 Å². The summed E-state index contributed by atoms with van der Waals surface area (Å²) in [5.74, 6) is 3.00. The van der Waals surface area contributed by atoms with Crippen molar-refractivity contribution in [1.29, 1.82) is 0 Å². The second-order valence-corrected chi connectivity index (χ2v) is 6.90. The van der Waals surface area contributed by atoms with Crippen LogP contribution in [0.4, 0.5) is 5.82 Å². The van der Waals surface area contributed by atoms with E-state index < -0.39 is 0 Å². The minimum Gasteiger partial charge on any atom is -0.370 e. The summed E-state index contributed by atoms with van der Waals surface area (Å²) in [5, 5.41) is 6.99. The standard InChI is InChI=1S/C20H26N6/c1-14-23-16-10-13-21-12-9-15(16)20(24-14)22-11-5-8-19-25-17-6-3-4-7-18(17)26(19)2/h3-4,6-7,21H,5,8-13H2,1-2H3,(H,22,23,24). The molecular weight excluding hydrogens is 324 g/mol. The Labute approximate surface area is 154 Å². The molecule has 0 atom stereocenters. The van der Waals surface area contributed by atoms with Crippen molar-refractivity contribution in [2.75, 3.05) is 25.0 Å². The van der Waals surface area contributed by atoms with Crippen LogP contribution in [0.2, 0.25) is 0 Å². The van der Waals surface area contributed by atoms with Gasteiger partial charge in [-0.1, -0.05) is 12.1 Å². The van der Waals surface area contributed by atoms with Gasteiger partial charge in [-0.25, -0.2) is 15.0 Å². The Bertz CT molecular complexity index is 914. The molecule has 0 bridgehead atoms. The second kappa shape index (κ2) is 7.41. The minimum absolute atomic E-state index is 0.850. The van der Waals surface area contributed by atoms with Gasteiger partial charge in [-0.3, -0.25) is 0 Å². The number of hydrogen-bond donors (Lipinski definition) is 2. The van der Waals surface area contributed by atoms with E-state index in [1.807, 2.05) is 13.0 Å². The van der Waals surface area contributed by atoms with Gasteiger partial charge >= 0.3 is 0 Å². The average molecular weight is 350 g/mol. The van der Waals surface area contributed by atoms with Crippen molar-refractivity contribution in [2.24, 2.45) is 7.05 Å². The first-order valence-corrected chi connectivity index (χ1v) is 9.43. The molecule has 0 amide bonds. The van der Waals surface area contributed by atoms with E-state index in [0.717, 1.165) is 68.3 Å². The first kappa shape index (κ1) is 17.0. The summed E-state index contributed by atoms with van der Waals surface area (Å²) in [4.78, 5) is 14.1. The lowest BCUT2D eigenvalue weighted by Crippen LogP contribution is -2.16. The molecule has 0 saturated carbocycles. The number of rotatable bonds is 5. The highest BCUT2D eigenvalue weighted by Gasteiger charge is 2.15. The van der Waals surface area contributed by atoms with Crippen LogP contribution in [0.3, 0.4) is 0 Å². The van der Waals surface area contributed by atoms with Crippen molar-refractivity contribution < 1.29 is 0 Å². The SMILES string of the molecule is Cc1nc2c(c(NCCCc3nc4ccccc4n3C)n1)CCNCC2. The Kier molecular flexibility index (Phi) is 4.84. The number of aromatic nitrogens is 4. The van der Waals surface area contributed by atoms with E-state index in [-0.39, 0.29) is 0 Å². The summed E-state index contributed by atoms with van der Waals surface area (Å²) in [6.07, 6.45) is 3.94. The molecule has 0 radical (unpaired) electrons. The average Bonchev–Trinajstić information content (AvgIpc) is 2.81. The quantitative estimate of drug-likeness (QED) is 0.692. The van der Waals surface area contributed by atoms with Gasteiger partial charge in [-0.15, -0.1) is 0 Å². The van der Waals surface area contributed by atoms with Crippen LogP contribution in [0.1, 0.15) is 29.3 Å². The molecule has 0 unspecified atom stereocenters. The summed E-state index contributed by atoms with van der Waals surface area (Å²) in [5.41, 5.74) is 4.74. The molecule has 1 aromatic carbocycles. The first-order valence-electron chi connectivity index (χ1n) is 9.43. The van der Waals surface area contributed by atoms with Gasteiger partial charge in [-0.2, -0.15) is 0 Å². The number of benzene rings is 1.